The molecule has 0 spiro atoms. The van der Waals surface area contributed by atoms with Crippen LogP contribution in [0, 0.1) is 0 Å². The Labute approximate surface area is 71.9 Å². The lowest BCUT2D eigenvalue weighted by molar-refractivity contribution is -0.150. The molecule has 1 N–H and O–H groups in total. The minimum absolute atomic E-state index is 0.0467. The minimum Gasteiger partial charge on any atom is -0.340 e. The number of hydrogen-bond acceptors (Lipinski definition) is 2. The Balaban J connectivity index is 2.93. The van der Waals surface area contributed by atoms with Crippen molar-refractivity contribution < 1.29 is 9.59 Å². The van der Waals surface area contributed by atoms with Crippen LogP contribution in [0.2, 0.25) is 0 Å². The third-order valence-electron chi connectivity index (χ3n) is 2.25. The van der Waals surface area contributed by atoms with Crippen LogP contribution in [0.5, 0.6) is 0 Å². The van der Waals surface area contributed by atoms with Crippen molar-refractivity contribution in [2.45, 2.75) is 32.4 Å². The molecular weight excluding hydrogens is 156 g/mol. The molecule has 12 heavy (non-hydrogen) atoms. The minimum atomic E-state index is -0.752. The van der Waals surface area contributed by atoms with Crippen molar-refractivity contribution in [3.05, 3.63) is 0 Å². The Morgan fingerprint density at radius 1 is 1.42 bits per heavy atom. The van der Waals surface area contributed by atoms with E-state index in [1.165, 1.54) is 4.90 Å². The standard InChI is InChI=1S/C8H14N2O2/c1-5-6(11)9-8(2,3)7(12)10(5)4/h5H,1-4H3,(H,9,11). The fourth-order valence-electron chi connectivity index (χ4n) is 1.26. The molecule has 4 nitrogen and oxygen atoms in total. The first kappa shape index (κ1) is 9.03. The predicted octanol–water partition coefficient (Wildman–Crippen LogP) is -0.258. The summed E-state index contributed by atoms with van der Waals surface area (Å²) in [6.07, 6.45) is 0. The van der Waals surface area contributed by atoms with Gasteiger partial charge in [-0.3, -0.25) is 9.59 Å². The number of likely N-dealkylation sites (N-methyl/N-ethyl adjacent to an activating group) is 1. The average Bonchev–Trinajstić information content (AvgIpc) is 1.97. The van der Waals surface area contributed by atoms with E-state index in [1.54, 1.807) is 27.8 Å². The molecule has 0 bridgehead atoms. The number of hydrogen-bond donors (Lipinski definition) is 1. The molecule has 1 heterocycles. The second-order valence-electron chi connectivity index (χ2n) is 3.71. The number of piperazine rings is 1. The van der Waals surface area contributed by atoms with Crippen molar-refractivity contribution >= 4 is 11.8 Å². The van der Waals surface area contributed by atoms with Gasteiger partial charge in [0.25, 0.3) is 0 Å². The summed E-state index contributed by atoms with van der Waals surface area (Å²) in [7, 11) is 1.65. The number of carbonyl (C=O) groups is 2. The summed E-state index contributed by atoms with van der Waals surface area (Å²) in [5.74, 6) is -0.142. The van der Waals surface area contributed by atoms with Gasteiger partial charge in [0, 0.05) is 7.05 Å². The predicted molar refractivity (Wildman–Crippen MR) is 44.5 cm³/mol. The van der Waals surface area contributed by atoms with E-state index in [0.29, 0.717) is 0 Å². The maximum absolute atomic E-state index is 11.5. The fraction of sp³-hybridized carbons (Fsp3) is 0.750. The number of nitrogens with zero attached hydrogens (tertiary/aromatic N) is 1. The Bertz CT molecular complexity index is 235. The Morgan fingerprint density at radius 2 is 1.92 bits per heavy atom. The number of nitrogens with one attached hydrogen (secondary N) is 1. The summed E-state index contributed by atoms with van der Waals surface area (Å²) in [5.41, 5.74) is -0.752. The Hall–Kier alpha value is -1.06. The smallest absolute Gasteiger partial charge is 0.248 e. The maximum atomic E-state index is 11.5. The van der Waals surface area contributed by atoms with Gasteiger partial charge in [-0.2, -0.15) is 0 Å². The highest BCUT2D eigenvalue weighted by Gasteiger charge is 2.41. The third-order valence-corrected chi connectivity index (χ3v) is 2.25. The second kappa shape index (κ2) is 2.47. The van der Waals surface area contributed by atoms with E-state index in [9.17, 15) is 9.59 Å². The van der Waals surface area contributed by atoms with Crippen LogP contribution in [-0.4, -0.2) is 35.3 Å². The van der Waals surface area contributed by atoms with Crippen LogP contribution in [0.15, 0.2) is 0 Å². The molecule has 0 aromatic heterocycles. The largest absolute Gasteiger partial charge is 0.340 e. The first-order valence-electron chi connectivity index (χ1n) is 3.95. The van der Waals surface area contributed by atoms with Crippen molar-refractivity contribution in [1.82, 2.24) is 10.2 Å². The van der Waals surface area contributed by atoms with Gasteiger partial charge in [0.05, 0.1) is 0 Å². The monoisotopic (exact) mass is 170 g/mol. The normalized spacial score (nSPS) is 28.7. The molecule has 1 fully saturated rings. The van der Waals surface area contributed by atoms with E-state index in [-0.39, 0.29) is 17.9 Å². The van der Waals surface area contributed by atoms with Gasteiger partial charge >= 0.3 is 0 Å². The molecule has 0 saturated carbocycles. The molecule has 1 atom stereocenters. The molecule has 68 valence electrons. The van der Waals surface area contributed by atoms with Gasteiger partial charge < -0.3 is 10.2 Å². The SMILES string of the molecule is CC1C(=O)NC(C)(C)C(=O)N1C. The maximum Gasteiger partial charge on any atom is 0.248 e. The van der Waals surface area contributed by atoms with Gasteiger partial charge in [-0.05, 0) is 20.8 Å². The number of carbonyl (C=O) groups excluding carboxylic acids is 2. The van der Waals surface area contributed by atoms with Gasteiger partial charge in [-0.25, -0.2) is 0 Å². The molecule has 1 saturated heterocycles. The highest BCUT2D eigenvalue weighted by Crippen LogP contribution is 2.15. The zero-order valence-electron chi connectivity index (χ0n) is 7.84. The van der Waals surface area contributed by atoms with Crippen molar-refractivity contribution in [2.75, 3.05) is 7.05 Å². The lowest BCUT2D eigenvalue weighted by atomic mass is 9.98. The van der Waals surface area contributed by atoms with Crippen LogP contribution in [0.25, 0.3) is 0 Å². The van der Waals surface area contributed by atoms with Gasteiger partial charge in [-0.1, -0.05) is 0 Å². The second-order valence-corrected chi connectivity index (χ2v) is 3.71. The molecular formula is C8H14N2O2. The summed E-state index contributed by atoms with van der Waals surface area (Å²) < 4.78 is 0. The quantitative estimate of drug-likeness (QED) is 0.544. The lowest BCUT2D eigenvalue weighted by Gasteiger charge is -2.39. The highest BCUT2D eigenvalue weighted by atomic mass is 16.2. The number of rotatable bonds is 0. The zero-order valence-corrected chi connectivity index (χ0v) is 7.84. The third kappa shape index (κ3) is 1.17. The van der Waals surface area contributed by atoms with Crippen molar-refractivity contribution in [3.8, 4) is 0 Å². The van der Waals surface area contributed by atoms with Crippen LogP contribution in [0.4, 0.5) is 0 Å². The summed E-state index contributed by atoms with van der Waals surface area (Å²) in [6.45, 7) is 5.12. The van der Waals surface area contributed by atoms with E-state index >= 15 is 0 Å². The Kier molecular flexibility index (Phi) is 1.86. The molecule has 0 radical (unpaired) electrons. The molecule has 1 aliphatic heterocycles. The zero-order chi connectivity index (χ0) is 9.52. The number of amides is 2. The highest BCUT2D eigenvalue weighted by molar-refractivity contribution is 5.98. The molecule has 2 amide bonds. The summed E-state index contributed by atoms with van der Waals surface area (Å²) >= 11 is 0. The van der Waals surface area contributed by atoms with Crippen LogP contribution in [-0.2, 0) is 9.59 Å². The molecule has 1 unspecified atom stereocenters. The van der Waals surface area contributed by atoms with Gasteiger partial charge in [0.1, 0.15) is 11.6 Å². The van der Waals surface area contributed by atoms with E-state index in [0.717, 1.165) is 0 Å². The van der Waals surface area contributed by atoms with Crippen LogP contribution in [0.1, 0.15) is 20.8 Å². The van der Waals surface area contributed by atoms with E-state index in [4.69, 9.17) is 0 Å². The van der Waals surface area contributed by atoms with Crippen molar-refractivity contribution in [3.63, 3.8) is 0 Å². The van der Waals surface area contributed by atoms with E-state index < -0.39 is 5.54 Å². The summed E-state index contributed by atoms with van der Waals surface area (Å²) in [5, 5.41) is 2.66. The van der Waals surface area contributed by atoms with Crippen LogP contribution >= 0.6 is 0 Å². The molecule has 1 rings (SSSR count). The molecule has 0 aromatic carbocycles. The van der Waals surface area contributed by atoms with Crippen LogP contribution in [0.3, 0.4) is 0 Å². The molecule has 4 heteroatoms. The fourth-order valence-corrected chi connectivity index (χ4v) is 1.26. The lowest BCUT2D eigenvalue weighted by Crippen LogP contribution is -2.66. The first-order valence-corrected chi connectivity index (χ1v) is 3.95. The Morgan fingerprint density at radius 3 is 2.42 bits per heavy atom. The van der Waals surface area contributed by atoms with E-state index in [2.05, 4.69) is 5.32 Å². The van der Waals surface area contributed by atoms with Gasteiger partial charge in [-0.15, -0.1) is 0 Å². The molecule has 1 aliphatic rings. The van der Waals surface area contributed by atoms with Gasteiger partial charge in [0.15, 0.2) is 0 Å². The van der Waals surface area contributed by atoms with E-state index in [1.807, 2.05) is 0 Å². The van der Waals surface area contributed by atoms with Gasteiger partial charge in [0.2, 0.25) is 11.8 Å². The van der Waals surface area contributed by atoms with Crippen molar-refractivity contribution in [1.29, 1.82) is 0 Å². The molecule has 0 aromatic rings. The average molecular weight is 170 g/mol. The van der Waals surface area contributed by atoms with Crippen LogP contribution < -0.4 is 5.32 Å². The first-order chi connectivity index (χ1) is 5.36. The summed E-state index contributed by atoms with van der Waals surface area (Å²) in [6, 6.07) is -0.356. The summed E-state index contributed by atoms with van der Waals surface area (Å²) in [4.78, 5) is 24.2. The topological polar surface area (TPSA) is 49.4 Å². The molecule has 0 aliphatic carbocycles. The van der Waals surface area contributed by atoms with Crippen molar-refractivity contribution in [2.24, 2.45) is 0 Å².